The second-order valence-corrected chi connectivity index (χ2v) is 9.08. The van der Waals surface area contributed by atoms with Gasteiger partial charge in [-0.25, -0.2) is 0 Å². The number of carboxylic acid groups (broad SMARTS) is 1. The molecule has 0 heterocycles. The van der Waals surface area contributed by atoms with Gasteiger partial charge in [-0.15, -0.1) is 0 Å². The van der Waals surface area contributed by atoms with Crippen LogP contribution in [0.15, 0.2) is 0 Å². The van der Waals surface area contributed by atoms with Crippen LogP contribution in [0.25, 0.3) is 0 Å². The normalized spacial score (nSPS) is 11.2. The Bertz CT molecular complexity index is 314. The molecule has 0 fully saturated rings. The van der Waals surface area contributed by atoms with E-state index in [0.29, 0.717) is 6.42 Å². The molecular weight excluding hydrogens is 356 g/mol. The summed E-state index contributed by atoms with van der Waals surface area (Å²) in [5, 5.41) is 8.59. The van der Waals surface area contributed by atoms with E-state index in [1.54, 1.807) is 0 Å². The molecule has 0 aromatic carbocycles. The van der Waals surface area contributed by atoms with Gasteiger partial charge in [0.05, 0.1) is 0 Å². The maximum absolute atomic E-state index is 10.4. The van der Waals surface area contributed by atoms with E-state index < -0.39 is 5.97 Å². The van der Waals surface area contributed by atoms with Crippen molar-refractivity contribution in [2.75, 3.05) is 0 Å². The van der Waals surface area contributed by atoms with Crippen LogP contribution in [-0.4, -0.2) is 11.1 Å². The molecule has 0 unspecified atom stereocenters. The molecule has 0 rings (SSSR count). The number of hydrogen-bond donors (Lipinski definition) is 1. The van der Waals surface area contributed by atoms with Gasteiger partial charge in [-0.05, 0) is 12.8 Å². The van der Waals surface area contributed by atoms with Gasteiger partial charge in [0, 0.05) is 6.42 Å². The minimum Gasteiger partial charge on any atom is -0.481 e. The Morgan fingerprint density at radius 3 is 1.17 bits per heavy atom. The van der Waals surface area contributed by atoms with Crippen molar-refractivity contribution in [1.29, 1.82) is 0 Å². The number of rotatable bonds is 25. The Balaban J connectivity index is 2.99. The lowest BCUT2D eigenvalue weighted by Crippen LogP contribution is -1.93. The maximum atomic E-state index is 10.4. The van der Waals surface area contributed by atoms with Gasteiger partial charge in [0.1, 0.15) is 0 Å². The standard InChI is InChI=1S/C27H53O2/c1-2-3-4-5-6-7-8-9-10-11-12-13-14-15-16-17-18-19-20-21-22-23-24-25-26-27(28)29/h16H,2-15,17-26H2,1H3,(H,28,29). The fourth-order valence-electron chi connectivity index (χ4n) is 4.08. The Hall–Kier alpha value is -0.530. The fraction of sp³-hybridized carbons (Fsp3) is 0.926. The Morgan fingerprint density at radius 2 is 0.828 bits per heavy atom. The fourth-order valence-corrected chi connectivity index (χ4v) is 4.08. The van der Waals surface area contributed by atoms with Crippen molar-refractivity contribution >= 4 is 5.97 Å². The Morgan fingerprint density at radius 1 is 0.517 bits per heavy atom. The van der Waals surface area contributed by atoms with Crippen LogP contribution in [0.4, 0.5) is 0 Å². The molecule has 0 atom stereocenters. The van der Waals surface area contributed by atoms with Crippen molar-refractivity contribution < 1.29 is 9.90 Å². The molecule has 0 aliphatic rings. The van der Waals surface area contributed by atoms with E-state index in [2.05, 4.69) is 13.3 Å². The third-order valence-corrected chi connectivity index (χ3v) is 6.06. The summed E-state index contributed by atoms with van der Waals surface area (Å²) >= 11 is 0. The predicted octanol–water partition coefficient (Wildman–Crippen LogP) is 9.66. The number of aliphatic carboxylic acids is 1. The van der Waals surface area contributed by atoms with Crippen LogP contribution in [-0.2, 0) is 4.79 Å². The van der Waals surface area contributed by atoms with E-state index in [9.17, 15) is 4.79 Å². The summed E-state index contributed by atoms with van der Waals surface area (Å²) in [6, 6.07) is 0. The summed E-state index contributed by atoms with van der Waals surface area (Å²) < 4.78 is 0. The van der Waals surface area contributed by atoms with Crippen LogP contribution in [0.3, 0.4) is 0 Å². The summed E-state index contributed by atoms with van der Waals surface area (Å²) in [5.41, 5.74) is 0. The number of carbonyl (C=O) groups is 1. The van der Waals surface area contributed by atoms with Gasteiger partial charge < -0.3 is 5.11 Å². The van der Waals surface area contributed by atoms with E-state index in [-0.39, 0.29) is 0 Å². The average Bonchev–Trinajstić information content (AvgIpc) is 2.71. The second kappa shape index (κ2) is 25.5. The van der Waals surface area contributed by atoms with Crippen LogP contribution >= 0.6 is 0 Å². The number of unbranched alkanes of at least 4 members (excludes halogenated alkanes) is 23. The lowest BCUT2D eigenvalue weighted by molar-refractivity contribution is -0.137. The van der Waals surface area contributed by atoms with Crippen LogP contribution in [0, 0.1) is 6.42 Å². The molecule has 29 heavy (non-hydrogen) atoms. The highest BCUT2D eigenvalue weighted by molar-refractivity contribution is 5.66. The van der Waals surface area contributed by atoms with Crippen LogP contribution < -0.4 is 0 Å². The summed E-state index contributed by atoms with van der Waals surface area (Å²) in [6.45, 7) is 2.29. The molecule has 0 aliphatic heterocycles. The molecular formula is C27H53O2. The summed E-state index contributed by atoms with van der Waals surface area (Å²) in [5.74, 6) is -0.653. The van der Waals surface area contributed by atoms with Crippen molar-refractivity contribution in [3.63, 3.8) is 0 Å². The molecule has 0 bridgehead atoms. The zero-order chi connectivity index (χ0) is 21.3. The maximum Gasteiger partial charge on any atom is 0.303 e. The van der Waals surface area contributed by atoms with Gasteiger partial charge in [-0.1, -0.05) is 148 Å². The van der Waals surface area contributed by atoms with Crippen molar-refractivity contribution in [2.24, 2.45) is 0 Å². The molecule has 1 N–H and O–H groups in total. The topological polar surface area (TPSA) is 37.3 Å². The molecule has 1 radical (unpaired) electrons. The third kappa shape index (κ3) is 27.5. The van der Waals surface area contributed by atoms with E-state index in [1.807, 2.05) is 0 Å². The highest BCUT2D eigenvalue weighted by Crippen LogP contribution is 2.15. The van der Waals surface area contributed by atoms with Gasteiger partial charge in [0.15, 0.2) is 0 Å². The summed E-state index contributed by atoms with van der Waals surface area (Å²) in [6.07, 6.45) is 34.0. The molecule has 173 valence electrons. The Kier molecular flexibility index (Phi) is 25.0. The van der Waals surface area contributed by atoms with Gasteiger partial charge in [-0.2, -0.15) is 0 Å². The molecule has 0 spiro atoms. The van der Waals surface area contributed by atoms with E-state index in [4.69, 9.17) is 5.11 Å². The first-order valence-corrected chi connectivity index (χ1v) is 13.3. The molecule has 0 saturated heterocycles. The second-order valence-electron chi connectivity index (χ2n) is 9.08. The molecule has 0 aromatic rings. The number of hydrogen-bond acceptors (Lipinski definition) is 1. The van der Waals surface area contributed by atoms with Crippen molar-refractivity contribution in [1.82, 2.24) is 0 Å². The summed E-state index contributed by atoms with van der Waals surface area (Å²) in [4.78, 5) is 10.4. The number of carboxylic acids is 1. The largest absolute Gasteiger partial charge is 0.481 e. The molecule has 0 aromatic heterocycles. The zero-order valence-corrected chi connectivity index (χ0v) is 19.9. The molecule has 0 aliphatic carbocycles. The van der Waals surface area contributed by atoms with Crippen molar-refractivity contribution in [3.05, 3.63) is 6.42 Å². The molecule has 0 saturated carbocycles. The highest BCUT2D eigenvalue weighted by Gasteiger charge is 1.97. The van der Waals surface area contributed by atoms with Gasteiger partial charge in [0.2, 0.25) is 0 Å². The van der Waals surface area contributed by atoms with E-state index >= 15 is 0 Å². The minimum atomic E-state index is -0.653. The molecule has 0 amide bonds. The first kappa shape index (κ1) is 28.5. The first-order chi connectivity index (χ1) is 14.3. The van der Waals surface area contributed by atoms with Crippen LogP contribution in [0.1, 0.15) is 161 Å². The van der Waals surface area contributed by atoms with Crippen LogP contribution in [0.2, 0.25) is 0 Å². The average molecular weight is 410 g/mol. The van der Waals surface area contributed by atoms with E-state index in [0.717, 1.165) is 12.8 Å². The van der Waals surface area contributed by atoms with Crippen LogP contribution in [0.5, 0.6) is 0 Å². The SMILES string of the molecule is CCCCCCCCCCCCCCC[CH]CCCCCCCCCCC(=O)O. The zero-order valence-electron chi connectivity index (χ0n) is 19.9. The smallest absolute Gasteiger partial charge is 0.303 e. The first-order valence-electron chi connectivity index (χ1n) is 13.3. The highest BCUT2D eigenvalue weighted by atomic mass is 16.4. The quantitative estimate of drug-likeness (QED) is 0.152. The predicted molar refractivity (Wildman–Crippen MR) is 128 cm³/mol. The van der Waals surface area contributed by atoms with Gasteiger partial charge >= 0.3 is 5.97 Å². The molecule has 2 heteroatoms. The van der Waals surface area contributed by atoms with E-state index in [1.165, 1.54) is 135 Å². The van der Waals surface area contributed by atoms with Crippen molar-refractivity contribution in [3.8, 4) is 0 Å². The Labute approximate surface area is 183 Å². The minimum absolute atomic E-state index is 0.342. The van der Waals surface area contributed by atoms with Gasteiger partial charge in [0.25, 0.3) is 0 Å². The summed E-state index contributed by atoms with van der Waals surface area (Å²) in [7, 11) is 0. The third-order valence-electron chi connectivity index (χ3n) is 6.06. The lowest BCUT2D eigenvalue weighted by atomic mass is 10.0. The molecule has 2 nitrogen and oxygen atoms in total. The monoisotopic (exact) mass is 409 g/mol. The lowest BCUT2D eigenvalue weighted by Gasteiger charge is -2.04. The van der Waals surface area contributed by atoms with Crippen molar-refractivity contribution in [2.45, 2.75) is 161 Å². The van der Waals surface area contributed by atoms with Gasteiger partial charge in [-0.3, -0.25) is 4.79 Å².